The highest BCUT2D eigenvalue weighted by atomic mass is 35.5. The van der Waals surface area contributed by atoms with Crippen molar-refractivity contribution in [2.45, 2.75) is 26.1 Å². The molecule has 0 saturated heterocycles. The van der Waals surface area contributed by atoms with Gasteiger partial charge in [-0.1, -0.05) is 48.0 Å². The van der Waals surface area contributed by atoms with E-state index in [-0.39, 0.29) is 6.61 Å². The van der Waals surface area contributed by atoms with E-state index in [0.717, 1.165) is 32.3 Å². The van der Waals surface area contributed by atoms with Crippen molar-refractivity contribution in [1.82, 2.24) is 9.78 Å². The fourth-order valence-electron chi connectivity index (χ4n) is 3.07. The van der Waals surface area contributed by atoms with Crippen molar-refractivity contribution < 1.29 is 10.2 Å². The molecule has 148 valence electrons. The maximum atomic E-state index is 10.5. The molecule has 0 aliphatic rings. The first-order chi connectivity index (χ1) is 13.9. The van der Waals surface area contributed by atoms with Gasteiger partial charge in [-0.3, -0.25) is 0 Å². The molecule has 2 aromatic carbocycles. The number of hydrogen-bond donors (Lipinski definition) is 2. The molecule has 2 heterocycles. The number of rotatable bonds is 5. The Kier molecular flexibility index (Phi) is 5.32. The van der Waals surface area contributed by atoms with E-state index in [1.54, 1.807) is 29.9 Å². The number of aliphatic hydroxyl groups excluding tert-OH is 1. The molecule has 2 aromatic heterocycles. The van der Waals surface area contributed by atoms with Gasteiger partial charge in [0.25, 0.3) is 0 Å². The third-order valence-electron chi connectivity index (χ3n) is 4.70. The quantitative estimate of drug-likeness (QED) is 0.435. The molecule has 0 aliphatic carbocycles. The van der Waals surface area contributed by atoms with Gasteiger partial charge in [0, 0.05) is 4.88 Å². The van der Waals surface area contributed by atoms with Gasteiger partial charge in [-0.25, -0.2) is 4.68 Å². The van der Waals surface area contributed by atoms with Crippen LogP contribution in [0, 0.1) is 0 Å². The van der Waals surface area contributed by atoms with Crippen LogP contribution < -0.4 is 0 Å². The number of aliphatic hydroxyl groups is 2. The Bertz CT molecular complexity index is 1140. The highest BCUT2D eigenvalue weighted by molar-refractivity contribution is 7.18. The molecular weight excluding hydrogens is 404 g/mol. The Balaban J connectivity index is 1.81. The number of para-hydroxylation sites is 1. The zero-order valence-electron chi connectivity index (χ0n) is 16.1. The molecule has 0 unspecified atom stereocenters. The number of nitrogens with zero attached hydrogens (tertiary/aromatic N) is 2. The Morgan fingerprint density at radius 3 is 2.34 bits per heavy atom. The number of hydrogen-bond acceptors (Lipinski definition) is 4. The summed E-state index contributed by atoms with van der Waals surface area (Å²) in [6, 6.07) is 21.4. The van der Waals surface area contributed by atoms with Gasteiger partial charge in [0.1, 0.15) is 5.60 Å². The number of halogens is 1. The predicted molar refractivity (Wildman–Crippen MR) is 118 cm³/mol. The molecule has 0 fully saturated rings. The van der Waals surface area contributed by atoms with Crippen LogP contribution in [0.5, 0.6) is 0 Å². The second-order valence-electron chi connectivity index (χ2n) is 7.36. The summed E-state index contributed by atoms with van der Waals surface area (Å²) in [5.41, 5.74) is 3.12. The maximum absolute atomic E-state index is 10.5. The first-order valence-corrected chi connectivity index (χ1v) is 10.4. The first-order valence-electron chi connectivity index (χ1n) is 9.25. The summed E-state index contributed by atoms with van der Waals surface area (Å²) in [5, 5.41) is 25.0. The lowest BCUT2D eigenvalue weighted by molar-refractivity contribution is 0.0734. The molecule has 0 bridgehead atoms. The van der Waals surface area contributed by atoms with Gasteiger partial charge in [0.15, 0.2) is 0 Å². The van der Waals surface area contributed by atoms with Crippen LogP contribution in [-0.4, -0.2) is 20.0 Å². The molecule has 4 rings (SSSR count). The van der Waals surface area contributed by atoms with Gasteiger partial charge in [0.05, 0.1) is 33.6 Å². The van der Waals surface area contributed by atoms with E-state index < -0.39 is 5.60 Å². The molecule has 29 heavy (non-hydrogen) atoms. The summed E-state index contributed by atoms with van der Waals surface area (Å²) in [7, 11) is 0. The summed E-state index contributed by atoms with van der Waals surface area (Å²) in [6.45, 7) is 3.48. The monoisotopic (exact) mass is 424 g/mol. The van der Waals surface area contributed by atoms with Crippen LogP contribution in [0.25, 0.3) is 26.7 Å². The maximum Gasteiger partial charge on any atom is 0.103 e. The van der Waals surface area contributed by atoms with E-state index in [0.29, 0.717) is 10.7 Å². The van der Waals surface area contributed by atoms with E-state index >= 15 is 0 Å². The number of thiophene rings is 1. The normalized spacial score (nSPS) is 11.8. The Morgan fingerprint density at radius 2 is 1.69 bits per heavy atom. The highest BCUT2D eigenvalue weighted by Gasteiger charge is 2.24. The van der Waals surface area contributed by atoms with Crippen molar-refractivity contribution in [3.8, 4) is 26.7 Å². The fourth-order valence-corrected chi connectivity index (χ4v) is 4.30. The molecular formula is C23H21ClN2O2S. The lowest BCUT2D eigenvalue weighted by Gasteiger charge is -2.13. The van der Waals surface area contributed by atoms with Gasteiger partial charge < -0.3 is 10.2 Å². The molecule has 6 heteroatoms. The van der Waals surface area contributed by atoms with E-state index in [2.05, 4.69) is 17.2 Å². The third-order valence-corrected chi connectivity index (χ3v) is 6.17. The van der Waals surface area contributed by atoms with E-state index in [1.165, 1.54) is 0 Å². The van der Waals surface area contributed by atoms with Crippen molar-refractivity contribution in [3.05, 3.63) is 83.0 Å². The van der Waals surface area contributed by atoms with Crippen LogP contribution in [-0.2, 0) is 12.2 Å². The van der Waals surface area contributed by atoms with E-state index in [4.69, 9.17) is 11.6 Å². The summed E-state index contributed by atoms with van der Waals surface area (Å²) in [4.78, 5) is 2.13. The minimum absolute atomic E-state index is 0.0344. The smallest absolute Gasteiger partial charge is 0.103 e. The van der Waals surface area contributed by atoms with Gasteiger partial charge >= 0.3 is 0 Å². The number of aromatic nitrogens is 2. The van der Waals surface area contributed by atoms with Crippen LogP contribution in [0.1, 0.15) is 25.1 Å². The third kappa shape index (κ3) is 4.00. The van der Waals surface area contributed by atoms with E-state index in [9.17, 15) is 10.2 Å². The molecule has 0 saturated carbocycles. The summed E-state index contributed by atoms with van der Waals surface area (Å²) < 4.78 is 1.79. The summed E-state index contributed by atoms with van der Waals surface area (Å²) in [5.74, 6) is 0. The van der Waals surface area contributed by atoms with Crippen molar-refractivity contribution in [2.75, 3.05) is 0 Å². The second kappa shape index (κ2) is 7.76. The average molecular weight is 425 g/mol. The van der Waals surface area contributed by atoms with Crippen molar-refractivity contribution in [1.29, 1.82) is 0 Å². The van der Waals surface area contributed by atoms with Crippen LogP contribution >= 0.6 is 22.9 Å². The molecule has 0 radical (unpaired) electrons. The minimum Gasteiger partial charge on any atom is -0.392 e. The van der Waals surface area contributed by atoms with Crippen LogP contribution in [0.3, 0.4) is 0 Å². The average Bonchev–Trinajstić information content (AvgIpc) is 3.35. The van der Waals surface area contributed by atoms with Gasteiger partial charge in [-0.2, -0.15) is 5.10 Å². The first kappa shape index (κ1) is 19.9. The Labute approximate surface area is 178 Å². The van der Waals surface area contributed by atoms with Crippen LogP contribution in [0.15, 0.2) is 66.7 Å². The molecule has 0 aliphatic heterocycles. The van der Waals surface area contributed by atoms with Gasteiger partial charge in [-0.05, 0) is 55.3 Å². The lowest BCUT2D eigenvalue weighted by Crippen LogP contribution is -2.16. The molecule has 0 amide bonds. The van der Waals surface area contributed by atoms with Crippen molar-refractivity contribution in [2.24, 2.45) is 0 Å². The standard InChI is InChI=1S/C23H21ClN2O2S/c1-23(2,28)22-13-19(26(25-22)18-6-4-3-5-17(18)24)21-12-11-20(29-21)16-9-7-15(14-27)8-10-16/h3-13,27-28H,14H2,1-2H3. The zero-order chi connectivity index (χ0) is 20.6. The Hall–Kier alpha value is -2.44. The topological polar surface area (TPSA) is 58.3 Å². The molecule has 4 nitrogen and oxygen atoms in total. The lowest BCUT2D eigenvalue weighted by atomic mass is 10.1. The Morgan fingerprint density at radius 1 is 1.00 bits per heavy atom. The zero-order valence-corrected chi connectivity index (χ0v) is 17.7. The van der Waals surface area contributed by atoms with Crippen molar-refractivity contribution in [3.63, 3.8) is 0 Å². The minimum atomic E-state index is -1.07. The summed E-state index contributed by atoms with van der Waals surface area (Å²) >= 11 is 8.07. The highest BCUT2D eigenvalue weighted by Crippen LogP contribution is 2.38. The number of benzene rings is 2. The molecule has 2 N–H and O–H groups in total. The van der Waals surface area contributed by atoms with Crippen LogP contribution in [0.4, 0.5) is 0 Å². The van der Waals surface area contributed by atoms with Crippen molar-refractivity contribution >= 4 is 22.9 Å². The van der Waals surface area contributed by atoms with Gasteiger partial charge in [-0.15, -0.1) is 11.3 Å². The molecule has 0 spiro atoms. The molecule has 4 aromatic rings. The molecule has 0 atom stereocenters. The van der Waals surface area contributed by atoms with Crippen LogP contribution in [0.2, 0.25) is 5.02 Å². The largest absolute Gasteiger partial charge is 0.392 e. The van der Waals surface area contributed by atoms with Gasteiger partial charge in [0.2, 0.25) is 0 Å². The fraction of sp³-hybridized carbons (Fsp3) is 0.174. The summed E-state index contributed by atoms with van der Waals surface area (Å²) in [6.07, 6.45) is 0. The predicted octanol–water partition coefficient (Wildman–Crippen LogP) is 5.64. The SMILES string of the molecule is CC(C)(O)c1cc(-c2ccc(-c3ccc(CO)cc3)s2)n(-c2ccccc2Cl)n1. The van der Waals surface area contributed by atoms with E-state index in [1.807, 2.05) is 54.6 Å². The second-order valence-corrected chi connectivity index (χ2v) is 8.85.